The Kier molecular flexibility index (Phi) is 2.95. The van der Waals surface area contributed by atoms with Gasteiger partial charge in [-0.05, 0) is 11.6 Å². The fourth-order valence-corrected chi connectivity index (χ4v) is 2.39. The number of likely N-dealkylation sites (tertiary alicyclic amines) is 1. The molecule has 1 saturated heterocycles. The van der Waals surface area contributed by atoms with E-state index in [0.29, 0.717) is 13.0 Å². The normalized spacial score (nSPS) is 21.0. The summed E-state index contributed by atoms with van der Waals surface area (Å²) < 4.78 is 0. The number of para-hydroxylation sites is 1. The van der Waals surface area contributed by atoms with E-state index >= 15 is 0 Å². The molecule has 1 aromatic carbocycles. The number of benzene rings is 1. The second-order valence-corrected chi connectivity index (χ2v) is 5.07. The van der Waals surface area contributed by atoms with Gasteiger partial charge in [-0.2, -0.15) is 0 Å². The Bertz CT molecular complexity index is 381. The Morgan fingerprint density at radius 2 is 2.20 bits per heavy atom. The van der Waals surface area contributed by atoms with E-state index in [4.69, 9.17) is 5.73 Å². The predicted molar refractivity (Wildman–Crippen MR) is 63.6 cm³/mol. The van der Waals surface area contributed by atoms with Gasteiger partial charge >= 0.3 is 0 Å². The molecule has 2 rings (SSSR count). The van der Waals surface area contributed by atoms with Crippen LogP contribution in [0.4, 0.5) is 5.69 Å². The molecule has 1 aliphatic rings. The molecular weight excluding hydrogens is 256 g/mol. The number of carbonyl (C=O) groups is 1. The average molecular weight is 269 g/mol. The number of anilines is 1. The summed E-state index contributed by atoms with van der Waals surface area (Å²) in [7, 11) is 0. The predicted octanol–water partition coefficient (Wildman–Crippen LogP) is 1.76. The van der Waals surface area contributed by atoms with Crippen LogP contribution < -0.4 is 5.73 Å². The lowest BCUT2D eigenvalue weighted by atomic mass is 10.2. The molecule has 1 aliphatic heterocycles. The summed E-state index contributed by atoms with van der Waals surface area (Å²) in [6, 6.07) is 7.67. The number of carbonyl (C=O) groups excluding carboxylic acids is 1. The monoisotopic (exact) mass is 268 g/mol. The van der Waals surface area contributed by atoms with Crippen LogP contribution in [-0.4, -0.2) is 22.2 Å². The number of nitrogens with zero attached hydrogens (tertiary/aromatic N) is 1. The molecular formula is C11H13BrN2O. The van der Waals surface area contributed by atoms with Crippen LogP contribution in [0.15, 0.2) is 24.3 Å². The number of rotatable bonds is 2. The zero-order chi connectivity index (χ0) is 10.8. The molecule has 3 nitrogen and oxygen atoms in total. The molecule has 1 amide bonds. The maximum Gasteiger partial charge on any atom is 0.224 e. The first-order chi connectivity index (χ1) is 7.16. The number of alkyl halides is 1. The van der Waals surface area contributed by atoms with Crippen LogP contribution in [0.25, 0.3) is 0 Å². The Hall–Kier alpha value is -1.03. The van der Waals surface area contributed by atoms with Crippen molar-refractivity contribution in [2.24, 2.45) is 0 Å². The lowest BCUT2D eigenvalue weighted by Gasteiger charge is -2.16. The van der Waals surface area contributed by atoms with Crippen LogP contribution in [0.2, 0.25) is 0 Å². The van der Waals surface area contributed by atoms with E-state index < -0.39 is 0 Å². The van der Waals surface area contributed by atoms with Crippen LogP contribution in [-0.2, 0) is 11.3 Å². The van der Waals surface area contributed by atoms with Gasteiger partial charge in [-0.1, -0.05) is 34.1 Å². The van der Waals surface area contributed by atoms with E-state index in [0.717, 1.165) is 17.8 Å². The summed E-state index contributed by atoms with van der Waals surface area (Å²) in [5.74, 6) is 0.195. The van der Waals surface area contributed by atoms with Gasteiger partial charge in [0.1, 0.15) is 0 Å². The van der Waals surface area contributed by atoms with E-state index in [2.05, 4.69) is 15.9 Å². The Morgan fingerprint density at radius 3 is 2.80 bits per heavy atom. The topological polar surface area (TPSA) is 46.3 Å². The summed E-state index contributed by atoms with van der Waals surface area (Å²) in [6.45, 7) is 1.39. The number of amides is 1. The summed E-state index contributed by atoms with van der Waals surface area (Å²) in [6.07, 6.45) is 0.590. The highest BCUT2D eigenvalue weighted by atomic mass is 79.9. The van der Waals surface area contributed by atoms with Gasteiger partial charge in [0.05, 0.1) is 0 Å². The molecule has 15 heavy (non-hydrogen) atoms. The van der Waals surface area contributed by atoms with Crippen molar-refractivity contribution < 1.29 is 4.79 Å². The average Bonchev–Trinajstić information content (AvgIpc) is 2.49. The third-order valence-electron chi connectivity index (χ3n) is 2.58. The number of halogens is 1. The van der Waals surface area contributed by atoms with Crippen molar-refractivity contribution in [3.05, 3.63) is 29.8 Å². The molecule has 1 atom stereocenters. The molecule has 0 saturated carbocycles. The fraction of sp³-hybridized carbons (Fsp3) is 0.364. The highest BCUT2D eigenvalue weighted by Gasteiger charge is 2.27. The quantitative estimate of drug-likeness (QED) is 0.657. The molecule has 1 heterocycles. The summed E-state index contributed by atoms with van der Waals surface area (Å²) >= 11 is 3.46. The Balaban J connectivity index is 2.09. The summed E-state index contributed by atoms with van der Waals surface area (Å²) in [5, 5.41) is 0. The molecule has 80 valence electrons. The van der Waals surface area contributed by atoms with Crippen molar-refractivity contribution in [1.29, 1.82) is 0 Å². The molecule has 0 aromatic heterocycles. The van der Waals surface area contributed by atoms with Gasteiger partial charge in [0.25, 0.3) is 0 Å². The first kappa shape index (κ1) is 10.5. The van der Waals surface area contributed by atoms with E-state index in [1.54, 1.807) is 0 Å². The summed E-state index contributed by atoms with van der Waals surface area (Å²) in [4.78, 5) is 13.7. The van der Waals surface area contributed by atoms with Gasteiger partial charge in [0.2, 0.25) is 5.91 Å². The molecule has 0 bridgehead atoms. The van der Waals surface area contributed by atoms with Crippen molar-refractivity contribution in [3.63, 3.8) is 0 Å². The molecule has 4 heteroatoms. The number of hydrogen-bond donors (Lipinski definition) is 1. The number of hydrogen-bond acceptors (Lipinski definition) is 2. The minimum Gasteiger partial charge on any atom is -0.398 e. The van der Waals surface area contributed by atoms with Gasteiger partial charge in [0, 0.05) is 30.0 Å². The summed E-state index contributed by atoms with van der Waals surface area (Å²) in [5.41, 5.74) is 7.60. The second kappa shape index (κ2) is 4.23. The van der Waals surface area contributed by atoms with Crippen LogP contribution in [0.5, 0.6) is 0 Å². The van der Waals surface area contributed by atoms with E-state index in [9.17, 15) is 4.79 Å². The van der Waals surface area contributed by atoms with Crippen LogP contribution in [0.3, 0.4) is 0 Å². The first-order valence-electron chi connectivity index (χ1n) is 4.92. The molecule has 0 spiro atoms. The fourth-order valence-electron chi connectivity index (χ4n) is 1.76. The third-order valence-corrected chi connectivity index (χ3v) is 3.20. The first-order valence-corrected chi connectivity index (χ1v) is 5.83. The Labute approximate surface area is 97.4 Å². The van der Waals surface area contributed by atoms with Crippen molar-refractivity contribution in [3.8, 4) is 0 Å². The van der Waals surface area contributed by atoms with Crippen LogP contribution in [0, 0.1) is 0 Å². The minimum atomic E-state index is 0.195. The van der Waals surface area contributed by atoms with Crippen LogP contribution in [0.1, 0.15) is 12.0 Å². The molecule has 2 N–H and O–H groups in total. The maximum atomic E-state index is 11.6. The van der Waals surface area contributed by atoms with E-state index in [-0.39, 0.29) is 10.7 Å². The van der Waals surface area contributed by atoms with Crippen molar-refractivity contribution in [2.45, 2.75) is 17.8 Å². The SMILES string of the molecule is Nc1ccccc1CN1CC(Br)CC1=O. The van der Waals surface area contributed by atoms with Gasteiger partial charge in [-0.15, -0.1) is 0 Å². The Morgan fingerprint density at radius 1 is 1.47 bits per heavy atom. The largest absolute Gasteiger partial charge is 0.398 e. The smallest absolute Gasteiger partial charge is 0.224 e. The van der Waals surface area contributed by atoms with Gasteiger partial charge in [0.15, 0.2) is 0 Å². The third kappa shape index (κ3) is 2.31. The number of nitrogen functional groups attached to an aromatic ring is 1. The van der Waals surface area contributed by atoms with E-state index in [1.165, 1.54) is 0 Å². The molecule has 1 fully saturated rings. The molecule has 1 unspecified atom stereocenters. The minimum absolute atomic E-state index is 0.195. The zero-order valence-electron chi connectivity index (χ0n) is 8.32. The lowest BCUT2D eigenvalue weighted by molar-refractivity contribution is -0.128. The highest BCUT2D eigenvalue weighted by Crippen LogP contribution is 2.22. The van der Waals surface area contributed by atoms with Crippen molar-refractivity contribution >= 4 is 27.5 Å². The van der Waals surface area contributed by atoms with Gasteiger partial charge in [-0.25, -0.2) is 0 Å². The molecule has 0 radical (unpaired) electrons. The van der Waals surface area contributed by atoms with Gasteiger partial charge in [-0.3, -0.25) is 4.79 Å². The highest BCUT2D eigenvalue weighted by molar-refractivity contribution is 9.09. The van der Waals surface area contributed by atoms with Crippen LogP contribution >= 0.6 is 15.9 Å². The lowest BCUT2D eigenvalue weighted by Crippen LogP contribution is -2.25. The standard InChI is InChI=1S/C11H13BrN2O/c12-9-5-11(15)14(7-9)6-8-3-1-2-4-10(8)13/h1-4,9H,5-7,13H2. The molecule has 0 aliphatic carbocycles. The van der Waals surface area contributed by atoms with Gasteiger partial charge < -0.3 is 10.6 Å². The molecule has 1 aromatic rings. The van der Waals surface area contributed by atoms with E-state index in [1.807, 2.05) is 29.2 Å². The van der Waals surface area contributed by atoms with Crippen molar-refractivity contribution in [1.82, 2.24) is 4.90 Å². The number of nitrogens with two attached hydrogens (primary N) is 1. The zero-order valence-corrected chi connectivity index (χ0v) is 9.90. The maximum absolute atomic E-state index is 11.6. The second-order valence-electron chi connectivity index (χ2n) is 3.77. The van der Waals surface area contributed by atoms with Crippen molar-refractivity contribution in [2.75, 3.05) is 12.3 Å².